The van der Waals surface area contributed by atoms with Gasteiger partial charge >= 0.3 is 5.97 Å². The fourth-order valence-electron chi connectivity index (χ4n) is 18.9. The number of fused-ring (bicyclic) bond motifs is 4. The van der Waals surface area contributed by atoms with Crippen LogP contribution in [-0.4, -0.2) is 331 Å². The second-order valence-electron chi connectivity index (χ2n) is 30.6. The zero-order valence-electron chi connectivity index (χ0n) is 56.9. The lowest BCUT2D eigenvalue weighted by Crippen LogP contribution is -2.67. The molecule has 7 heterocycles. The summed E-state index contributed by atoms with van der Waals surface area (Å²) < 4.78 is 90.1. The molecule has 564 valence electrons. The van der Waals surface area contributed by atoms with Crippen LogP contribution in [-0.2, 0) is 75.8 Å². The summed E-state index contributed by atoms with van der Waals surface area (Å²) >= 11 is 0. The fraction of sp³-hybridized carbons (Fsp3) is 0.955. The van der Waals surface area contributed by atoms with E-state index in [0.29, 0.717) is 18.8 Å². The van der Waals surface area contributed by atoms with E-state index < -0.39 is 245 Å². The standard InChI is InChI=1S/C66H108O32/c1-25(2)11-10-17-65(7)36-15-13-28-27-12-14-35-63(4,5)38(16-18-64(35,6)29(27)19-37(71)66(28,36)62(83)98-65)93-61-55(43(76)34(24-86-61)92-57-48(81)53(41(74)32(22-69)88-57)95-58-46(79)51(84-8)39(72)30(20-67)89-58)97-56-45(78)44(77)50(26(3)87-56)94-60-49(82)54(42(75)33(23-70)91-60)96-59-47(80)52(85-9)40(73)31(21-68)90-59/h19,25-28,30-61,67-82H,10-18,20-24H2,1-9H3. The minimum absolute atomic E-state index is 0.0161. The summed E-state index contributed by atoms with van der Waals surface area (Å²) in [5.74, 6) is -0.129. The summed E-state index contributed by atoms with van der Waals surface area (Å²) in [5.41, 5.74) is -1.78. The third kappa shape index (κ3) is 13.5. The third-order valence-corrected chi connectivity index (χ3v) is 24.2. The number of carbonyl (C=O) groups excluding carboxylic acids is 1. The average molecular weight is 1410 g/mol. The number of ether oxygens (including phenoxy) is 15. The van der Waals surface area contributed by atoms with Crippen LogP contribution < -0.4 is 0 Å². The van der Waals surface area contributed by atoms with E-state index in [4.69, 9.17) is 71.1 Å². The molecule has 98 heavy (non-hydrogen) atoms. The van der Waals surface area contributed by atoms with Crippen molar-refractivity contribution in [2.45, 2.75) is 302 Å². The quantitative estimate of drug-likeness (QED) is 0.0276. The number of esters is 1. The molecule has 3 saturated carbocycles. The number of hydrogen-bond donors (Lipinski definition) is 16. The van der Waals surface area contributed by atoms with Crippen molar-refractivity contribution < 1.29 is 158 Å². The largest absolute Gasteiger partial charge is 0.459 e. The first-order chi connectivity index (χ1) is 46.4. The first kappa shape index (κ1) is 77.1. The first-order valence-corrected chi connectivity index (χ1v) is 34.8. The molecule has 0 amide bonds. The van der Waals surface area contributed by atoms with Gasteiger partial charge in [-0.05, 0) is 99.7 Å². The highest BCUT2D eigenvalue weighted by Crippen LogP contribution is 2.72. The first-order valence-electron chi connectivity index (χ1n) is 34.8. The molecular formula is C66H108O32. The van der Waals surface area contributed by atoms with Crippen molar-refractivity contribution in [3.05, 3.63) is 11.6 Å². The fourth-order valence-corrected chi connectivity index (χ4v) is 18.9. The Morgan fingerprint density at radius 2 is 0.980 bits per heavy atom. The highest BCUT2D eigenvalue weighted by molar-refractivity contribution is 5.83. The molecule has 0 bridgehead atoms. The van der Waals surface area contributed by atoms with Crippen LogP contribution >= 0.6 is 0 Å². The summed E-state index contributed by atoms with van der Waals surface area (Å²) in [6, 6.07) is 0. The number of allylic oxidation sites excluding steroid dienone is 1. The van der Waals surface area contributed by atoms with Gasteiger partial charge < -0.3 is 153 Å². The monoisotopic (exact) mass is 1410 g/mol. The number of aliphatic hydroxyl groups excluding tert-OH is 16. The molecule has 10 fully saturated rings. The van der Waals surface area contributed by atoms with Crippen molar-refractivity contribution >= 4 is 5.97 Å². The van der Waals surface area contributed by atoms with Crippen molar-refractivity contribution in [1.29, 1.82) is 0 Å². The molecule has 0 aromatic rings. The zero-order valence-corrected chi connectivity index (χ0v) is 56.9. The summed E-state index contributed by atoms with van der Waals surface area (Å²) in [4.78, 5) is 14.4. The number of hydrogen-bond acceptors (Lipinski definition) is 32. The number of aliphatic hydroxyl groups is 16. The van der Waals surface area contributed by atoms with Gasteiger partial charge in [-0.3, -0.25) is 4.79 Å². The molecule has 32 nitrogen and oxygen atoms in total. The Morgan fingerprint density at radius 3 is 1.49 bits per heavy atom. The van der Waals surface area contributed by atoms with Gasteiger partial charge in [0.05, 0.1) is 51.3 Å². The molecule has 4 aliphatic carbocycles. The SMILES string of the molecule is COC1C(O)C(CO)OC(OC2C(O)C(CO)OC(OC3COC(OC4CCC5(C)C6=CC(O)C78C(=O)OC(C)(CCCC(C)C)C7CCC8C6CCC5C4(C)C)C(OC4OC(C)C(OC5OC(CO)C(O)C(OC6OC(CO)C(O)C(OC)C6O)C5O)C(O)C4O)C3O)C2O)C1O. The summed E-state index contributed by atoms with van der Waals surface area (Å²) in [6.45, 7) is 10.4. The van der Waals surface area contributed by atoms with Crippen LogP contribution in [0, 0.1) is 45.8 Å². The van der Waals surface area contributed by atoms with Crippen LogP contribution in [0.25, 0.3) is 0 Å². The number of carbonyl (C=O) groups is 1. The maximum Gasteiger partial charge on any atom is 0.316 e. The van der Waals surface area contributed by atoms with Gasteiger partial charge in [-0.1, -0.05) is 52.7 Å². The highest BCUT2D eigenvalue weighted by Gasteiger charge is 2.75. The van der Waals surface area contributed by atoms with E-state index in [1.807, 2.05) is 13.0 Å². The van der Waals surface area contributed by atoms with Crippen LogP contribution in [0.2, 0.25) is 0 Å². The van der Waals surface area contributed by atoms with Gasteiger partial charge in [0, 0.05) is 20.1 Å². The van der Waals surface area contributed by atoms with Crippen LogP contribution in [0.3, 0.4) is 0 Å². The molecule has 11 rings (SSSR count). The maximum absolute atomic E-state index is 14.4. The van der Waals surface area contributed by atoms with Crippen molar-refractivity contribution in [3.63, 3.8) is 0 Å². The summed E-state index contributed by atoms with van der Waals surface area (Å²) in [5, 5.41) is 180. The summed E-state index contributed by atoms with van der Waals surface area (Å²) in [7, 11) is 2.36. The van der Waals surface area contributed by atoms with E-state index in [1.54, 1.807) is 0 Å². The zero-order chi connectivity index (χ0) is 71.2. The number of methoxy groups -OCH3 is 2. The van der Waals surface area contributed by atoms with Crippen molar-refractivity contribution in [2.75, 3.05) is 47.3 Å². The van der Waals surface area contributed by atoms with Gasteiger partial charge in [0.1, 0.15) is 145 Å². The van der Waals surface area contributed by atoms with Gasteiger partial charge in [-0.25, -0.2) is 0 Å². The van der Waals surface area contributed by atoms with E-state index in [0.717, 1.165) is 50.5 Å². The second-order valence-corrected chi connectivity index (χ2v) is 30.6. The van der Waals surface area contributed by atoms with E-state index in [1.165, 1.54) is 21.1 Å². The molecule has 11 aliphatic rings. The molecule has 0 aromatic heterocycles. The Kier molecular flexibility index (Phi) is 24.0. The van der Waals surface area contributed by atoms with E-state index >= 15 is 0 Å². The minimum Gasteiger partial charge on any atom is -0.459 e. The van der Waals surface area contributed by atoms with E-state index in [9.17, 15) is 86.5 Å². The van der Waals surface area contributed by atoms with E-state index in [-0.39, 0.29) is 29.6 Å². The van der Waals surface area contributed by atoms with Crippen LogP contribution in [0.4, 0.5) is 0 Å². The van der Waals surface area contributed by atoms with Gasteiger partial charge in [0.15, 0.2) is 37.7 Å². The highest BCUT2D eigenvalue weighted by atomic mass is 16.8. The predicted molar refractivity (Wildman–Crippen MR) is 327 cm³/mol. The summed E-state index contributed by atoms with van der Waals surface area (Å²) in [6.07, 6.45) is -42.2. The van der Waals surface area contributed by atoms with Gasteiger partial charge in [-0.15, -0.1) is 0 Å². The van der Waals surface area contributed by atoms with Crippen molar-refractivity contribution in [3.8, 4) is 0 Å². The second kappa shape index (κ2) is 30.5. The maximum atomic E-state index is 14.4. The van der Waals surface area contributed by atoms with Crippen LogP contribution in [0.1, 0.15) is 106 Å². The van der Waals surface area contributed by atoms with Crippen LogP contribution in [0.15, 0.2) is 11.6 Å². The lowest BCUT2D eigenvalue weighted by atomic mass is 9.43. The Morgan fingerprint density at radius 1 is 0.510 bits per heavy atom. The Labute approximate surface area is 568 Å². The number of rotatable bonds is 22. The van der Waals surface area contributed by atoms with Crippen LogP contribution in [0.5, 0.6) is 0 Å². The smallest absolute Gasteiger partial charge is 0.316 e. The van der Waals surface area contributed by atoms with Crippen molar-refractivity contribution in [2.24, 2.45) is 45.8 Å². The molecule has 16 N–H and O–H groups in total. The van der Waals surface area contributed by atoms with Gasteiger partial charge in [0.2, 0.25) is 0 Å². The molecule has 38 atom stereocenters. The van der Waals surface area contributed by atoms with Crippen molar-refractivity contribution in [1.82, 2.24) is 0 Å². The molecule has 7 aliphatic heterocycles. The normalized spacial score (nSPS) is 52.6. The molecule has 7 saturated heterocycles. The van der Waals surface area contributed by atoms with Gasteiger partial charge in [-0.2, -0.15) is 0 Å². The molecule has 0 aromatic carbocycles. The molecule has 38 unspecified atom stereocenters. The molecule has 0 radical (unpaired) electrons. The number of cyclic esters (lactones) is 1. The van der Waals surface area contributed by atoms with Gasteiger partial charge in [0.25, 0.3) is 0 Å². The molecular weight excluding hydrogens is 1300 g/mol. The van der Waals surface area contributed by atoms with E-state index in [2.05, 4.69) is 34.6 Å². The lowest BCUT2D eigenvalue weighted by Gasteiger charge is -2.62. The Hall–Kier alpha value is -1.99. The average Bonchev–Trinajstić information content (AvgIpc) is 1.44. The Balaban J connectivity index is 0.833. The topological polar surface area (TPSA) is 479 Å². The Bertz CT molecular complexity index is 2680. The minimum atomic E-state index is -2.08. The predicted octanol–water partition coefficient (Wildman–Crippen LogP) is -4.42. The lowest BCUT2D eigenvalue weighted by molar-refractivity contribution is -0.397. The molecule has 1 spiro atoms. The third-order valence-electron chi connectivity index (χ3n) is 24.2. The molecule has 32 heteroatoms.